The van der Waals surface area contributed by atoms with Crippen LogP contribution < -0.4 is 0 Å². The number of hydrogen-bond acceptors (Lipinski definition) is 5. The van der Waals surface area contributed by atoms with Gasteiger partial charge in [-0.3, -0.25) is 4.79 Å². The molecule has 1 saturated heterocycles. The van der Waals surface area contributed by atoms with Gasteiger partial charge in [0.05, 0.1) is 6.10 Å². The van der Waals surface area contributed by atoms with Crippen molar-refractivity contribution in [1.29, 1.82) is 0 Å². The number of H-pyrrole nitrogens is 1. The minimum absolute atomic E-state index is 0.150. The number of hydrogen-bond donors (Lipinski definition) is 2. The van der Waals surface area contributed by atoms with Crippen LogP contribution in [0.5, 0.6) is 0 Å². The van der Waals surface area contributed by atoms with E-state index in [2.05, 4.69) is 46.4 Å². The van der Waals surface area contributed by atoms with Crippen molar-refractivity contribution >= 4 is 22.8 Å². The number of β-amino-alcohol motifs (C(OH)–C–C–N with tert-alkyl or cyclic N) is 1. The van der Waals surface area contributed by atoms with E-state index in [-0.39, 0.29) is 17.8 Å². The third-order valence-corrected chi connectivity index (χ3v) is 8.28. The number of para-hydroxylation sites is 1. The maximum absolute atomic E-state index is 13.4. The van der Waals surface area contributed by atoms with Crippen LogP contribution in [0.15, 0.2) is 53.8 Å². The van der Waals surface area contributed by atoms with Crippen LogP contribution in [0.25, 0.3) is 17.0 Å². The van der Waals surface area contributed by atoms with E-state index in [9.17, 15) is 23.6 Å². The Kier molecular flexibility index (Phi) is 9.98. The Bertz CT molecular complexity index is 1330. The number of nitroso groups, excluding NO2 is 1. The Morgan fingerprint density at radius 3 is 2.60 bits per heavy atom. The van der Waals surface area contributed by atoms with E-state index >= 15 is 0 Å². The smallest absolute Gasteiger partial charge is 0.155 e. The van der Waals surface area contributed by atoms with E-state index in [0.29, 0.717) is 38.1 Å². The number of carbonyl (C=O) groups excluding carboxylic acids is 1. The molecular formula is C32H39F2N3O3. The van der Waals surface area contributed by atoms with Gasteiger partial charge in [0.25, 0.3) is 0 Å². The van der Waals surface area contributed by atoms with Crippen molar-refractivity contribution in [3.8, 4) is 0 Å². The molecule has 0 bridgehead atoms. The van der Waals surface area contributed by atoms with Gasteiger partial charge in [0, 0.05) is 36.1 Å². The van der Waals surface area contributed by atoms with Crippen molar-refractivity contribution < 1.29 is 18.7 Å². The largest absolute Gasteiger partial charge is 0.389 e. The number of aromatic amines is 1. The molecule has 4 rings (SSSR count). The van der Waals surface area contributed by atoms with Crippen molar-refractivity contribution in [2.45, 2.75) is 76.4 Å². The van der Waals surface area contributed by atoms with E-state index < -0.39 is 23.3 Å². The van der Waals surface area contributed by atoms with Crippen molar-refractivity contribution in [2.24, 2.45) is 5.18 Å². The quantitative estimate of drug-likeness (QED) is 0.176. The molecule has 2 aromatic carbocycles. The Labute approximate surface area is 234 Å². The average molecular weight is 552 g/mol. The van der Waals surface area contributed by atoms with E-state index in [4.69, 9.17) is 0 Å². The predicted octanol–water partition coefficient (Wildman–Crippen LogP) is 7.05. The normalized spacial score (nSPS) is 17.3. The highest BCUT2D eigenvalue weighted by molar-refractivity contribution is 5.93. The zero-order chi connectivity index (χ0) is 28.7. The summed E-state index contributed by atoms with van der Waals surface area (Å²) >= 11 is 0. The van der Waals surface area contributed by atoms with Gasteiger partial charge >= 0.3 is 0 Å². The third kappa shape index (κ3) is 7.09. The number of fused-ring (bicyclic) bond motifs is 1. The number of nitrogens with one attached hydrogen (secondary N) is 1. The number of nitrogens with zero attached hydrogens (tertiary/aromatic N) is 2. The molecule has 40 heavy (non-hydrogen) atoms. The van der Waals surface area contributed by atoms with E-state index in [0.717, 1.165) is 44.1 Å². The summed E-state index contributed by atoms with van der Waals surface area (Å²) in [5.74, 6) is -1.19. The van der Waals surface area contributed by atoms with Gasteiger partial charge in [-0.15, -0.1) is 0 Å². The predicted molar refractivity (Wildman–Crippen MR) is 155 cm³/mol. The van der Waals surface area contributed by atoms with Crippen molar-refractivity contribution in [2.75, 3.05) is 19.6 Å². The topological polar surface area (TPSA) is 85.8 Å². The van der Waals surface area contributed by atoms with Gasteiger partial charge < -0.3 is 15.0 Å². The minimum Gasteiger partial charge on any atom is -0.389 e. The first-order valence-corrected chi connectivity index (χ1v) is 14.2. The number of allylic oxidation sites excluding steroid dienone is 1. The number of halogens is 2. The summed E-state index contributed by atoms with van der Waals surface area (Å²) in [6.45, 7) is 6.08. The van der Waals surface area contributed by atoms with E-state index in [1.807, 2.05) is 6.92 Å². The maximum atomic E-state index is 13.4. The summed E-state index contributed by atoms with van der Waals surface area (Å²) in [7, 11) is 0. The number of piperidine rings is 1. The number of aromatic nitrogens is 1. The summed E-state index contributed by atoms with van der Waals surface area (Å²) < 4.78 is 26.7. The van der Waals surface area contributed by atoms with Crippen molar-refractivity contribution in [3.63, 3.8) is 0 Å². The standard InChI is InChI=1S/C32H39F2N3O3/c1-3-13-32(36-40,14-5-7-27(38)10-9-23-17-25(33)19-26(34)18-23)30(39)21-37-15-11-24(12-16-37)29-20-35-31-22(2)6-4-8-28(29)31/h4,6,8-10,17-20,24,30,35,39H,3,5,7,11-16,21H2,1-2H3/b10-9+. The molecule has 2 atom stereocenters. The molecule has 1 fully saturated rings. The summed E-state index contributed by atoms with van der Waals surface area (Å²) in [5.41, 5.74) is 2.87. The van der Waals surface area contributed by atoms with Gasteiger partial charge in [0.1, 0.15) is 17.2 Å². The fraction of sp³-hybridized carbons (Fsp3) is 0.469. The van der Waals surface area contributed by atoms with Crippen LogP contribution in [0.4, 0.5) is 8.78 Å². The maximum Gasteiger partial charge on any atom is 0.155 e. The van der Waals surface area contributed by atoms with Crippen LogP contribution in [0.2, 0.25) is 0 Å². The first-order chi connectivity index (χ1) is 19.2. The summed E-state index contributed by atoms with van der Waals surface area (Å²) in [6, 6.07) is 9.44. The zero-order valence-corrected chi connectivity index (χ0v) is 23.3. The van der Waals surface area contributed by atoms with Crippen LogP contribution in [0, 0.1) is 23.5 Å². The number of aliphatic hydroxyl groups is 1. The fourth-order valence-electron chi connectivity index (χ4n) is 6.06. The molecule has 0 spiro atoms. The molecule has 1 aliphatic heterocycles. The number of rotatable bonds is 13. The summed E-state index contributed by atoms with van der Waals surface area (Å²) in [5, 5.41) is 15.9. The molecule has 3 aromatic rings. The molecule has 8 heteroatoms. The summed E-state index contributed by atoms with van der Waals surface area (Å²) in [6.07, 6.45) is 7.76. The van der Waals surface area contributed by atoms with Crippen LogP contribution in [0.3, 0.4) is 0 Å². The lowest BCUT2D eigenvalue weighted by Crippen LogP contribution is -2.49. The second-order valence-electron chi connectivity index (χ2n) is 11.1. The van der Waals surface area contributed by atoms with Gasteiger partial charge in [0.15, 0.2) is 5.78 Å². The third-order valence-electron chi connectivity index (χ3n) is 8.28. The minimum atomic E-state index is -1.16. The van der Waals surface area contributed by atoms with Crippen LogP contribution in [0.1, 0.15) is 74.5 Å². The number of aliphatic hydroxyl groups excluding tert-OH is 1. The number of benzene rings is 2. The number of likely N-dealkylation sites (tertiary alicyclic amines) is 1. The number of carbonyl (C=O) groups is 1. The highest BCUT2D eigenvalue weighted by atomic mass is 19.1. The highest BCUT2D eigenvalue weighted by Gasteiger charge is 2.40. The highest BCUT2D eigenvalue weighted by Crippen LogP contribution is 2.35. The molecule has 2 heterocycles. The number of aryl methyl sites for hydroxylation is 1. The van der Waals surface area contributed by atoms with Crippen molar-refractivity contribution in [1.82, 2.24) is 9.88 Å². The lowest BCUT2D eigenvalue weighted by Gasteiger charge is -2.38. The fourth-order valence-corrected chi connectivity index (χ4v) is 6.06. The molecule has 214 valence electrons. The van der Waals surface area contributed by atoms with Crippen molar-refractivity contribution in [3.05, 3.63) is 81.9 Å². The number of ketones is 1. The molecule has 2 N–H and O–H groups in total. The first-order valence-electron chi connectivity index (χ1n) is 14.2. The van der Waals surface area contributed by atoms with Crippen LogP contribution in [-0.2, 0) is 4.79 Å². The monoisotopic (exact) mass is 551 g/mol. The SMILES string of the molecule is CCCC(CCCC(=O)/C=C/c1cc(F)cc(F)c1)(N=O)C(O)CN1CCC(c2c[nH]c3c(C)cccc23)CC1. The van der Waals surface area contributed by atoms with Crippen LogP contribution >= 0.6 is 0 Å². The molecule has 6 nitrogen and oxygen atoms in total. The van der Waals surface area contributed by atoms with Gasteiger partial charge in [-0.25, -0.2) is 8.78 Å². The molecule has 0 saturated carbocycles. The van der Waals surface area contributed by atoms with Gasteiger partial charge in [-0.1, -0.05) is 42.8 Å². The Morgan fingerprint density at radius 1 is 1.20 bits per heavy atom. The molecule has 2 unspecified atom stereocenters. The average Bonchev–Trinajstić information content (AvgIpc) is 3.37. The molecule has 0 amide bonds. The lowest BCUT2D eigenvalue weighted by molar-refractivity contribution is -0.114. The zero-order valence-electron chi connectivity index (χ0n) is 23.3. The summed E-state index contributed by atoms with van der Waals surface area (Å²) in [4.78, 5) is 30.1. The van der Waals surface area contributed by atoms with Gasteiger partial charge in [0.2, 0.25) is 0 Å². The van der Waals surface area contributed by atoms with E-state index in [1.165, 1.54) is 34.2 Å². The molecule has 0 radical (unpaired) electrons. The Morgan fingerprint density at radius 2 is 1.93 bits per heavy atom. The Balaban J connectivity index is 1.31. The molecular weight excluding hydrogens is 512 g/mol. The Hall–Kier alpha value is -3.23. The second-order valence-corrected chi connectivity index (χ2v) is 11.1. The first kappa shape index (κ1) is 29.7. The van der Waals surface area contributed by atoms with Crippen LogP contribution in [-0.4, -0.2) is 52.1 Å². The second kappa shape index (κ2) is 13.4. The molecule has 0 aliphatic carbocycles. The van der Waals surface area contributed by atoms with E-state index in [1.54, 1.807) is 0 Å². The molecule has 1 aliphatic rings. The van der Waals surface area contributed by atoms with Gasteiger partial charge in [-0.05, 0) is 92.9 Å². The van der Waals surface area contributed by atoms with Gasteiger partial charge in [-0.2, -0.15) is 4.91 Å². The molecule has 1 aromatic heterocycles. The lowest BCUT2D eigenvalue weighted by atomic mass is 9.82.